The van der Waals surface area contributed by atoms with E-state index < -0.39 is 23.8 Å². The lowest BCUT2D eigenvalue weighted by atomic mass is 9.85. The van der Waals surface area contributed by atoms with Crippen LogP contribution in [-0.2, 0) is 20.8 Å². The zero-order valence-electron chi connectivity index (χ0n) is 11.5. The molecular weight excluding hydrogens is 296 g/mol. The Kier molecular flexibility index (Phi) is 4.56. The Morgan fingerprint density at radius 3 is 2.52 bits per heavy atom. The van der Waals surface area contributed by atoms with Crippen molar-refractivity contribution in [2.45, 2.75) is 19.8 Å². The number of piperidine rings is 1. The SMILES string of the molecule is Cc1nc(CC(=O)N2CCC(C(=O)O)C(C(=O)O)C2)cs1. The summed E-state index contributed by atoms with van der Waals surface area (Å²) >= 11 is 1.45. The Morgan fingerprint density at radius 2 is 2.00 bits per heavy atom. The first-order valence-electron chi connectivity index (χ1n) is 6.53. The van der Waals surface area contributed by atoms with Gasteiger partial charge in [-0.15, -0.1) is 11.3 Å². The van der Waals surface area contributed by atoms with Crippen molar-refractivity contribution in [3.05, 3.63) is 16.1 Å². The summed E-state index contributed by atoms with van der Waals surface area (Å²) in [6, 6.07) is 0. The monoisotopic (exact) mass is 312 g/mol. The third-order valence-corrected chi connectivity index (χ3v) is 4.42. The van der Waals surface area contributed by atoms with Crippen molar-refractivity contribution in [1.29, 1.82) is 0 Å². The Balaban J connectivity index is 2.03. The lowest BCUT2D eigenvalue weighted by molar-refractivity contribution is -0.159. The largest absolute Gasteiger partial charge is 0.481 e. The number of aliphatic carboxylic acids is 2. The fraction of sp³-hybridized carbons (Fsp3) is 0.538. The molecule has 2 heterocycles. The molecule has 1 fully saturated rings. The standard InChI is InChI=1S/C13H16N2O5S/c1-7-14-8(6-21-7)4-11(16)15-3-2-9(12(17)18)10(5-15)13(19)20/h6,9-10H,2-5H2,1H3,(H,17,18)(H,19,20). The quantitative estimate of drug-likeness (QED) is 0.844. The maximum absolute atomic E-state index is 12.2. The van der Waals surface area contributed by atoms with Crippen LogP contribution in [0, 0.1) is 18.8 Å². The predicted molar refractivity (Wildman–Crippen MR) is 74.0 cm³/mol. The molecule has 1 aliphatic rings. The number of aryl methyl sites for hydroxylation is 1. The lowest BCUT2D eigenvalue weighted by Gasteiger charge is -2.34. The Hall–Kier alpha value is -1.96. The zero-order chi connectivity index (χ0) is 15.6. The molecule has 2 atom stereocenters. The van der Waals surface area contributed by atoms with Gasteiger partial charge in [0.1, 0.15) is 0 Å². The lowest BCUT2D eigenvalue weighted by Crippen LogP contribution is -2.49. The Labute approximate surface area is 125 Å². The van der Waals surface area contributed by atoms with Crippen LogP contribution in [0.2, 0.25) is 0 Å². The van der Waals surface area contributed by atoms with Crippen molar-refractivity contribution < 1.29 is 24.6 Å². The van der Waals surface area contributed by atoms with Crippen molar-refractivity contribution >= 4 is 29.2 Å². The first-order valence-corrected chi connectivity index (χ1v) is 7.41. The Bertz CT molecular complexity index is 571. The summed E-state index contributed by atoms with van der Waals surface area (Å²) < 4.78 is 0. The van der Waals surface area contributed by atoms with Crippen LogP contribution in [0.4, 0.5) is 0 Å². The van der Waals surface area contributed by atoms with Crippen LogP contribution in [0.1, 0.15) is 17.1 Å². The van der Waals surface area contributed by atoms with Crippen molar-refractivity contribution in [1.82, 2.24) is 9.88 Å². The molecular formula is C13H16N2O5S. The molecule has 1 aromatic rings. The molecule has 0 radical (unpaired) electrons. The molecule has 0 spiro atoms. The molecule has 1 saturated heterocycles. The van der Waals surface area contributed by atoms with E-state index in [0.717, 1.165) is 5.01 Å². The van der Waals surface area contributed by atoms with Gasteiger partial charge in [0.05, 0.1) is 29.0 Å². The Morgan fingerprint density at radius 1 is 1.33 bits per heavy atom. The molecule has 2 unspecified atom stereocenters. The van der Waals surface area contributed by atoms with Gasteiger partial charge in [0.15, 0.2) is 0 Å². The second-order valence-corrected chi connectivity index (χ2v) is 6.11. The minimum atomic E-state index is -1.18. The predicted octanol–water partition coefficient (Wildman–Crippen LogP) is 0.628. The maximum atomic E-state index is 12.2. The number of thiazole rings is 1. The highest BCUT2D eigenvalue weighted by atomic mass is 32.1. The third kappa shape index (κ3) is 3.57. The van der Waals surface area contributed by atoms with Crippen LogP contribution < -0.4 is 0 Å². The second-order valence-electron chi connectivity index (χ2n) is 5.05. The van der Waals surface area contributed by atoms with Gasteiger partial charge in [-0.1, -0.05) is 0 Å². The molecule has 2 rings (SSSR count). The van der Waals surface area contributed by atoms with Crippen LogP contribution in [0.5, 0.6) is 0 Å². The third-order valence-electron chi connectivity index (χ3n) is 3.60. The molecule has 114 valence electrons. The van der Waals surface area contributed by atoms with Gasteiger partial charge >= 0.3 is 11.9 Å². The highest BCUT2D eigenvalue weighted by molar-refractivity contribution is 7.09. The number of hydrogen-bond donors (Lipinski definition) is 2. The number of carboxylic acid groups (broad SMARTS) is 2. The van der Waals surface area contributed by atoms with E-state index in [1.165, 1.54) is 16.2 Å². The summed E-state index contributed by atoms with van der Waals surface area (Å²) in [6.07, 6.45) is 0.280. The number of carboxylic acids is 2. The van der Waals surface area contributed by atoms with Crippen molar-refractivity contribution in [2.75, 3.05) is 13.1 Å². The number of likely N-dealkylation sites (tertiary alicyclic amines) is 1. The topological polar surface area (TPSA) is 108 Å². The summed E-state index contributed by atoms with van der Waals surface area (Å²) in [5.74, 6) is -4.50. The fourth-order valence-electron chi connectivity index (χ4n) is 2.48. The highest BCUT2D eigenvalue weighted by Gasteiger charge is 2.40. The van der Waals surface area contributed by atoms with Crippen LogP contribution in [0.25, 0.3) is 0 Å². The molecule has 0 saturated carbocycles. The molecule has 0 bridgehead atoms. The fourth-order valence-corrected chi connectivity index (χ4v) is 3.09. The number of carbonyl (C=O) groups is 3. The van der Waals surface area contributed by atoms with E-state index in [9.17, 15) is 14.4 Å². The molecule has 1 amide bonds. The van der Waals surface area contributed by atoms with E-state index in [1.54, 1.807) is 5.38 Å². The molecule has 7 nitrogen and oxygen atoms in total. The van der Waals surface area contributed by atoms with Gasteiger partial charge in [0.2, 0.25) is 5.91 Å². The average molecular weight is 312 g/mol. The number of hydrogen-bond acceptors (Lipinski definition) is 5. The number of nitrogens with zero attached hydrogens (tertiary/aromatic N) is 2. The normalized spacial score (nSPS) is 22.0. The van der Waals surface area contributed by atoms with Crippen molar-refractivity contribution in [3.63, 3.8) is 0 Å². The van der Waals surface area contributed by atoms with Gasteiger partial charge < -0.3 is 15.1 Å². The van der Waals surface area contributed by atoms with Gasteiger partial charge in [0.25, 0.3) is 0 Å². The number of rotatable bonds is 4. The summed E-state index contributed by atoms with van der Waals surface area (Å²) in [5.41, 5.74) is 0.662. The van der Waals surface area contributed by atoms with Crippen molar-refractivity contribution in [3.8, 4) is 0 Å². The van der Waals surface area contributed by atoms with E-state index in [-0.39, 0.29) is 31.8 Å². The van der Waals surface area contributed by atoms with E-state index in [0.29, 0.717) is 5.69 Å². The molecule has 0 aliphatic carbocycles. The second kappa shape index (κ2) is 6.21. The average Bonchev–Trinajstić information content (AvgIpc) is 2.83. The molecule has 1 aromatic heterocycles. The summed E-state index contributed by atoms with van der Waals surface area (Å²) in [7, 11) is 0. The molecule has 21 heavy (non-hydrogen) atoms. The van der Waals surface area contributed by atoms with E-state index >= 15 is 0 Å². The minimum Gasteiger partial charge on any atom is -0.481 e. The van der Waals surface area contributed by atoms with Crippen LogP contribution >= 0.6 is 11.3 Å². The van der Waals surface area contributed by atoms with Gasteiger partial charge in [-0.3, -0.25) is 14.4 Å². The van der Waals surface area contributed by atoms with Crippen molar-refractivity contribution in [2.24, 2.45) is 11.8 Å². The van der Waals surface area contributed by atoms with Crippen LogP contribution in [-0.4, -0.2) is 51.0 Å². The molecule has 2 N–H and O–H groups in total. The van der Waals surface area contributed by atoms with E-state index in [4.69, 9.17) is 10.2 Å². The summed E-state index contributed by atoms with van der Waals surface area (Å²) in [4.78, 5) is 40.0. The maximum Gasteiger partial charge on any atom is 0.309 e. The number of aromatic nitrogens is 1. The van der Waals surface area contributed by atoms with Gasteiger partial charge in [-0.25, -0.2) is 4.98 Å². The van der Waals surface area contributed by atoms with Gasteiger partial charge in [-0.05, 0) is 13.3 Å². The minimum absolute atomic E-state index is 0.0613. The smallest absolute Gasteiger partial charge is 0.309 e. The van der Waals surface area contributed by atoms with Crippen LogP contribution in [0.3, 0.4) is 0 Å². The van der Waals surface area contributed by atoms with Gasteiger partial charge in [0, 0.05) is 18.5 Å². The number of carbonyl (C=O) groups excluding carboxylic acids is 1. The molecule has 0 aromatic carbocycles. The zero-order valence-corrected chi connectivity index (χ0v) is 12.3. The molecule has 1 aliphatic heterocycles. The first kappa shape index (κ1) is 15.4. The van der Waals surface area contributed by atoms with Crippen LogP contribution in [0.15, 0.2) is 5.38 Å². The van der Waals surface area contributed by atoms with E-state index in [2.05, 4.69) is 4.98 Å². The summed E-state index contributed by atoms with van der Waals surface area (Å²) in [5, 5.41) is 20.8. The highest BCUT2D eigenvalue weighted by Crippen LogP contribution is 2.25. The van der Waals surface area contributed by atoms with Gasteiger partial charge in [-0.2, -0.15) is 0 Å². The van der Waals surface area contributed by atoms with E-state index in [1.807, 2.05) is 6.92 Å². The number of amides is 1. The molecule has 8 heteroatoms. The summed E-state index contributed by atoms with van der Waals surface area (Å²) in [6.45, 7) is 2.05. The first-order chi connectivity index (χ1) is 9.88.